The molecule has 5 heteroatoms. The van der Waals surface area contributed by atoms with Gasteiger partial charge < -0.3 is 20.0 Å². The number of aliphatic hydroxyl groups excluding tert-OH is 2. The Kier molecular flexibility index (Phi) is 4.96. The molecule has 2 N–H and O–H groups in total. The number of nitrogens with zero attached hydrogens (tertiary/aromatic N) is 3. The van der Waals surface area contributed by atoms with Crippen LogP contribution in [0.1, 0.15) is 24.6 Å². The maximum Gasteiger partial charge on any atom is 0.129 e. The van der Waals surface area contributed by atoms with Gasteiger partial charge in [0, 0.05) is 24.8 Å². The first-order chi connectivity index (χ1) is 9.53. The Bertz CT molecular complexity index is 428. The van der Waals surface area contributed by atoms with Gasteiger partial charge in [0.2, 0.25) is 0 Å². The summed E-state index contributed by atoms with van der Waals surface area (Å²) in [4.78, 5) is 8.96. The fourth-order valence-electron chi connectivity index (χ4n) is 2.82. The molecule has 1 aromatic heterocycles. The minimum Gasteiger partial charge on any atom is -0.392 e. The zero-order chi connectivity index (χ0) is 14.7. The Hall–Kier alpha value is -1.17. The van der Waals surface area contributed by atoms with Crippen molar-refractivity contribution < 1.29 is 10.2 Å². The first kappa shape index (κ1) is 15.2. The number of hydrogen-bond donors (Lipinski definition) is 2. The molecule has 0 radical (unpaired) electrons. The van der Waals surface area contributed by atoms with E-state index in [4.69, 9.17) is 0 Å². The minimum absolute atomic E-state index is 0.0251. The summed E-state index contributed by atoms with van der Waals surface area (Å²) in [6, 6.07) is 4.14. The Balaban J connectivity index is 2.28. The highest BCUT2D eigenvalue weighted by molar-refractivity contribution is 5.45. The molecule has 1 saturated heterocycles. The van der Waals surface area contributed by atoms with E-state index in [-0.39, 0.29) is 18.8 Å². The van der Waals surface area contributed by atoms with Gasteiger partial charge in [-0.2, -0.15) is 0 Å². The fraction of sp³-hybridized carbons (Fsp3) is 0.667. The van der Waals surface area contributed by atoms with Gasteiger partial charge in [-0.1, -0.05) is 6.92 Å². The molecule has 0 spiro atoms. The summed E-state index contributed by atoms with van der Waals surface area (Å²) in [5, 5.41) is 19.3. The third kappa shape index (κ3) is 3.48. The Labute approximate surface area is 120 Å². The van der Waals surface area contributed by atoms with Crippen LogP contribution >= 0.6 is 0 Å². The van der Waals surface area contributed by atoms with E-state index >= 15 is 0 Å². The molecule has 1 aliphatic heterocycles. The van der Waals surface area contributed by atoms with E-state index in [1.165, 1.54) is 0 Å². The molecule has 0 saturated carbocycles. The van der Waals surface area contributed by atoms with Crippen molar-refractivity contribution in [3.63, 3.8) is 0 Å². The number of aryl methyl sites for hydroxylation is 1. The maximum atomic E-state index is 9.96. The zero-order valence-corrected chi connectivity index (χ0v) is 12.6. The van der Waals surface area contributed by atoms with Gasteiger partial charge in [0.1, 0.15) is 5.82 Å². The van der Waals surface area contributed by atoms with Crippen LogP contribution in [0.5, 0.6) is 0 Å². The van der Waals surface area contributed by atoms with Gasteiger partial charge in [-0.3, -0.25) is 0 Å². The number of likely N-dealkylation sites (N-methyl/N-ethyl adjacent to an activating group) is 1. The highest BCUT2D eigenvalue weighted by Crippen LogP contribution is 2.26. The van der Waals surface area contributed by atoms with E-state index in [0.717, 1.165) is 36.5 Å². The minimum atomic E-state index is -0.301. The van der Waals surface area contributed by atoms with Gasteiger partial charge in [-0.15, -0.1) is 0 Å². The van der Waals surface area contributed by atoms with Crippen LogP contribution in [-0.4, -0.2) is 59.4 Å². The molecule has 112 valence electrons. The lowest BCUT2D eigenvalue weighted by molar-refractivity contribution is 0.191. The van der Waals surface area contributed by atoms with Crippen LogP contribution in [0.15, 0.2) is 12.1 Å². The number of rotatable bonds is 5. The SMILES string of the molecule is CCc1cc(CO)cc(N2CC(O)CC2CN(C)C)n1. The maximum absolute atomic E-state index is 9.96. The molecular weight excluding hydrogens is 254 g/mol. The van der Waals surface area contributed by atoms with Gasteiger partial charge in [-0.05, 0) is 44.6 Å². The van der Waals surface area contributed by atoms with Crippen LogP contribution in [0.3, 0.4) is 0 Å². The quantitative estimate of drug-likeness (QED) is 0.828. The highest BCUT2D eigenvalue weighted by atomic mass is 16.3. The Morgan fingerprint density at radius 2 is 2.15 bits per heavy atom. The van der Waals surface area contributed by atoms with E-state index in [0.29, 0.717) is 6.54 Å². The predicted octanol–water partition coefficient (Wildman–Crippen LogP) is 0.637. The smallest absolute Gasteiger partial charge is 0.129 e. The summed E-state index contributed by atoms with van der Waals surface area (Å²) in [5.74, 6) is 0.872. The van der Waals surface area contributed by atoms with Crippen molar-refractivity contribution in [1.29, 1.82) is 0 Å². The van der Waals surface area contributed by atoms with Crippen molar-refractivity contribution in [3.05, 3.63) is 23.4 Å². The number of hydrogen-bond acceptors (Lipinski definition) is 5. The van der Waals surface area contributed by atoms with Gasteiger partial charge in [0.25, 0.3) is 0 Å². The second-order valence-electron chi connectivity index (χ2n) is 5.79. The van der Waals surface area contributed by atoms with E-state index in [1.807, 2.05) is 26.2 Å². The monoisotopic (exact) mass is 279 g/mol. The molecule has 0 bridgehead atoms. The number of pyridine rings is 1. The summed E-state index contributed by atoms with van der Waals surface area (Å²) in [7, 11) is 4.08. The largest absolute Gasteiger partial charge is 0.392 e. The number of aromatic nitrogens is 1. The molecule has 2 heterocycles. The van der Waals surface area contributed by atoms with Crippen LogP contribution in [-0.2, 0) is 13.0 Å². The standard InChI is InChI=1S/C15H25N3O2/c1-4-12-5-11(10-19)6-15(16-12)18-9-14(20)7-13(18)8-17(2)3/h5-6,13-14,19-20H,4,7-10H2,1-3H3. The van der Waals surface area contributed by atoms with Crippen molar-refractivity contribution in [2.24, 2.45) is 0 Å². The van der Waals surface area contributed by atoms with Crippen molar-refractivity contribution >= 4 is 5.82 Å². The van der Waals surface area contributed by atoms with Crippen LogP contribution in [0.2, 0.25) is 0 Å². The number of β-amino-alcohol motifs (C(OH)–C–C–N with tert-alkyl or cyclic N) is 1. The van der Waals surface area contributed by atoms with Crippen molar-refractivity contribution in [2.45, 2.75) is 38.5 Å². The first-order valence-electron chi connectivity index (χ1n) is 7.23. The average molecular weight is 279 g/mol. The van der Waals surface area contributed by atoms with Crippen molar-refractivity contribution in [1.82, 2.24) is 9.88 Å². The molecule has 5 nitrogen and oxygen atoms in total. The third-order valence-electron chi connectivity index (χ3n) is 3.73. The molecule has 2 atom stereocenters. The zero-order valence-electron chi connectivity index (χ0n) is 12.6. The van der Waals surface area contributed by atoms with Gasteiger partial charge in [0.15, 0.2) is 0 Å². The number of anilines is 1. The van der Waals surface area contributed by atoms with Crippen LogP contribution in [0.25, 0.3) is 0 Å². The first-order valence-corrected chi connectivity index (χ1v) is 7.23. The molecule has 0 aromatic carbocycles. The van der Waals surface area contributed by atoms with Crippen LogP contribution in [0.4, 0.5) is 5.82 Å². The average Bonchev–Trinajstić information content (AvgIpc) is 2.78. The van der Waals surface area contributed by atoms with Crippen molar-refractivity contribution in [2.75, 3.05) is 32.1 Å². The molecule has 2 rings (SSSR count). The van der Waals surface area contributed by atoms with Gasteiger partial charge in [0.05, 0.1) is 12.7 Å². The second kappa shape index (κ2) is 6.52. The summed E-state index contributed by atoms with van der Waals surface area (Å²) in [6.07, 6.45) is 1.31. The third-order valence-corrected chi connectivity index (χ3v) is 3.73. The van der Waals surface area contributed by atoms with Crippen molar-refractivity contribution in [3.8, 4) is 0 Å². The molecule has 2 unspecified atom stereocenters. The number of aliphatic hydroxyl groups is 2. The molecule has 20 heavy (non-hydrogen) atoms. The topological polar surface area (TPSA) is 59.8 Å². The lowest BCUT2D eigenvalue weighted by Crippen LogP contribution is -2.38. The molecule has 0 aliphatic carbocycles. The molecule has 0 amide bonds. The molecule has 1 fully saturated rings. The summed E-state index contributed by atoms with van der Waals surface area (Å²) < 4.78 is 0. The van der Waals surface area contributed by atoms with Gasteiger partial charge >= 0.3 is 0 Å². The van der Waals surface area contributed by atoms with Gasteiger partial charge in [-0.25, -0.2) is 4.98 Å². The van der Waals surface area contributed by atoms with E-state index in [1.54, 1.807) is 0 Å². The Morgan fingerprint density at radius 1 is 1.40 bits per heavy atom. The summed E-state index contributed by atoms with van der Waals surface area (Å²) in [5.41, 5.74) is 1.87. The molecule has 1 aromatic rings. The van der Waals surface area contributed by atoms with E-state index in [9.17, 15) is 10.2 Å². The normalized spacial score (nSPS) is 22.8. The lowest BCUT2D eigenvalue weighted by Gasteiger charge is -2.28. The highest BCUT2D eigenvalue weighted by Gasteiger charge is 2.32. The summed E-state index contributed by atoms with van der Waals surface area (Å²) in [6.45, 7) is 3.59. The lowest BCUT2D eigenvalue weighted by atomic mass is 10.1. The second-order valence-corrected chi connectivity index (χ2v) is 5.79. The van der Waals surface area contributed by atoms with E-state index < -0.39 is 0 Å². The summed E-state index contributed by atoms with van der Waals surface area (Å²) >= 11 is 0. The Morgan fingerprint density at radius 3 is 2.75 bits per heavy atom. The molecular formula is C15H25N3O2. The fourth-order valence-corrected chi connectivity index (χ4v) is 2.82. The van der Waals surface area contributed by atoms with Crippen LogP contribution < -0.4 is 4.90 Å². The van der Waals surface area contributed by atoms with E-state index in [2.05, 4.69) is 21.7 Å². The predicted molar refractivity (Wildman–Crippen MR) is 79.8 cm³/mol. The molecule has 1 aliphatic rings. The van der Waals surface area contributed by atoms with Crippen LogP contribution in [0, 0.1) is 0 Å².